The lowest BCUT2D eigenvalue weighted by Crippen LogP contribution is -2.19. The maximum Gasteiger partial charge on any atom is 0.355 e. The predicted molar refractivity (Wildman–Crippen MR) is 123 cm³/mol. The van der Waals surface area contributed by atoms with E-state index in [0.29, 0.717) is 26.7 Å². The molecule has 0 saturated carbocycles. The Morgan fingerprint density at radius 2 is 1.78 bits per heavy atom. The predicted octanol–water partition coefficient (Wildman–Crippen LogP) is 2.69. The number of benzene rings is 2. The number of nitrogens with one attached hydrogen (secondary N) is 2. The lowest BCUT2D eigenvalue weighted by Gasteiger charge is -2.15. The number of nitrogens with zero attached hydrogens (tertiary/aromatic N) is 1. The number of aromatic nitrogens is 1. The van der Waals surface area contributed by atoms with Crippen molar-refractivity contribution >= 4 is 38.2 Å². The Morgan fingerprint density at radius 3 is 2.31 bits per heavy atom. The Labute approximate surface area is 189 Å². The van der Waals surface area contributed by atoms with E-state index >= 15 is 0 Å². The summed E-state index contributed by atoms with van der Waals surface area (Å²) < 4.78 is 23.0. The van der Waals surface area contributed by atoms with Gasteiger partial charge in [0.25, 0.3) is 0 Å². The van der Waals surface area contributed by atoms with E-state index in [-0.39, 0.29) is 28.5 Å². The highest BCUT2D eigenvalue weighted by Crippen LogP contribution is 2.24. The molecule has 3 rings (SSSR count). The van der Waals surface area contributed by atoms with Crippen LogP contribution in [0.4, 0.5) is 5.13 Å². The lowest BCUT2D eigenvalue weighted by atomic mass is 9.96. The minimum atomic E-state index is -3.82. The fourth-order valence-electron chi connectivity index (χ4n) is 2.94. The van der Waals surface area contributed by atoms with Gasteiger partial charge in [-0.05, 0) is 30.2 Å². The van der Waals surface area contributed by atoms with Crippen molar-refractivity contribution in [1.29, 1.82) is 5.41 Å². The van der Waals surface area contributed by atoms with Gasteiger partial charge in [0.1, 0.15) is 5.82 Å². The Morgan fingerprint density at radius 1 is 1.16 bits per heavy atom. The van der Waals surface area contributed by atoms with Crippen LogP contribution in [0, 0.1) is 12.3 Å². The topological polar surface area (TPSA) is 172 Å². The van der Waals surface area contributed by atoms with E-state index in [1.54, 1.807) is 43.3 Å². The molecule has 1 aromatic heterocycles. The number of anilines is 1. The van der Waals surface area contributed by atoms with Gasteiger partial charge in [-0.25, -0.2) is 23.3 Å². The van der Waals surface area contributed by atoms with E-state index in [9.17, 15) is 18.3 Å². The van der Waals surface area contributed by atoms with Gasteiger partial charge in [0.2, 0.25) is 10.0 Å². The van der Waals surface area contributed by atoms with Gasteiger partial charge in [0.05, 0.1) is 10.6 Å². The van der Waals surface area contributed by atoms with Crippen molar-refractivity contribution in [2.24, 2.45) is 10.9 Å². The number of rotatable bonds is 8. The molecule has 166 valence electrons. The molecule has 32 heavy (non-hydrogen) atoms. The second-order valence-corrected chi connectivity index (χ2v) is 9.62. The van der Waals surface area contributed by atoms with E-state index in [1.165, 1.54) is 12.1 Å². The molecule has 0 unspecified atom stereocenters. The molecule has 11 heteroatoms. The van der Waals surface area contributed by atoms with Gasteiger partial charge < -0.3 is 16.2 Å². The second kappa shape index (κ2) is 9.30. The van der Waals surface area contributed by atoms with Crippen LogP contribution in [0.5, 0.6) is 0 Å². The molecule has 2 aromatic carbocycles. The number of nitrogens with two attached hydrogens (primary N) is 2. The van der Waals surface area contributed by atoms with Crippen molar-refractivity contribution in [1.82, 2.24) is 4.98 Å². The first-order valence-corrected chi connectivity index (χ1v) is 11.6. The maximum atomic E-state index is 11.5. The largest absolute Gasteiger partial charge is 0.476 e. The van der Waals surface area contributed by atoms with Crippen LogP contribution in [0.1, 0.15) is 26.5 Å². The summed E-state index contributed by atoms with van der Waals surface area (Å²) in [7, 11) is -3.82. The average Bonchev–Trinajstić information content (AvgIpc) is 3.12. The number of thiazole rings is 1. The van der Waals surface area contributed by atoms with Crippen LogP contribution in [0.2, 0.25) is 0 Å². The molecule has 1 heterocycles. The van der Waals surface area contributed by atoms with E-state index in [4.69, 9.17) is 16.3 Å². The van der Waals surface area contributed by atoms with Crippen LogP contribution in [-0.4, -0.2) is 30.2 Å². The molecule has 0 bridgehead atoms. The van der Waals surface area contributed by atoms with Crippen molar-refractivity contribution in [2.75, 3.05) is 5.32 Å². The van der Waals surface area contributed by atoms with Crippen LogP contribution < -0.4 is 16.2 Å². The molecule has 0 spiro atoms. The molecule has 0 fully saturated rings. The number of aryl methyl sites for hydroxylation is 1. The molecule has 0 aliphatic carbocycles. The third-order valence-electron chi connectivity index (χ3n) is 4.56. The zero-order valence-electron chi connectivity index (χ0n) is 17.0. The van der Waals surface area contributed by atoms with Gasteiger partial charge in [-0.2, -0.15) is 0 Å². The first-order valence-electron chi connectivity index (χ1n) is 9.28. The number of hydrogen-bond acceptors (Lipinski definition) is 8. The zero-order valence-corrected chi connectivity index (χ0v) is 18.6. The number of allylic oxidation sites excluding steroid dienone is 1. The summed E-state index contributed by atoms with van der Waals surface area (Å²) in [6, 6.07) is 15.0. The summed E-state index contributed by atoms with van der Waals surface area (Å²) >= 11 is 1.14. The third-order valence-corrected chi connectivity index (χ3v) is 6.38. The Kier molecular flexibility index (Phi) is 6.72. The van der Waals surface area contributed by atoms with Crippen LogP contribution >= 0.6 is 11.3 Å². The normalized spacial score (nSPS) is 12.2. The fraction of sp³-hybridized carbons (Fsp3) is 0.0952. The molecule has 0 saturated heterocycles. The Hall–Kier alpha value is -3.54. The van der Waals surface area contributed by atoms with Crippen molar-refractivity contribution in [3.05, 3.63) is 87.7 Å². The second-order valence-electron chi connectivity index (χ2n) is 6.85. The molecular formula is C21H21N5O4S2. The molecule has 0 aliphatic heterocycles. The van der Waals surface area contributed by atoms with Crippen molar-refractivity contribution in [3.8, 4) is 0 Å². The van der Waals surface area contributed by atoms with Gasteiger partial charge in [-0.1, -0.05) is 42.5 Å². The standard InChI is InChI=1S/C21H21N5O4S2/c1-12-18(20(27)28)25-21(31-12)26-19(23)16(17(22)14-5-3-2-4-6-14)11-13-7-9-15(10-8-13)32(24,29)30/h2-10,22H,11,23H2,1H3,(H,25,26)(H,27,28)(H2,24,29,30)/b19-16-,22-17?. The van der Waals surface area contributed by atoms with Crippen molar-refractivity contribution < 1.29 is 18.3 Å². The van der Waals surface area contributed by atoms with E-state index in [0.717, 1.165) is 11.3 Å². The third kappa shape index (κ3) is 5.38. The maximum absolute atomic E-state index is 11.5. The summed E-state index contributed by atoms with van der Waals surface area (Å²) in [5, 5.41) is 26.3. The number of carboxylic acids is 1. The van der Waals surface area contributed by atoms with E-state index < -0.39 is 16.0 Å². The SMILES string of the molecule is Cc1sc(N/C(N)=C(/Cc2ccc(S(N)(=O)=O)cc2)C(=N)c2ccccc2)nc1C(=O)O. The summed E-state index contributed by atoms with van der Waals surface area (Å²) in [6.45, 7) is 1.65. The van der Waals surface area contributed by atoms with Crippen LogP contribution in [0.25, 0.3) is 0 Å². The molecule has 0 aliphatic rings. The summed E-state index contributed by atoms with van der Waals surface area (Å²) in [6.07, 6.45) is 0.216. The quantitative estimate of drug-likeness (QED) is 0.314. The first kappa shape index (κ1) is 23.1. The number of sulfonamides is 1. The molecule has 9 nitrogen and oxygen atoms in total. The molecule has 7 N–H and O–H groups in total. The first-order chi connectivity index (χ1) is 15.1. The average molecular weight is 472 g/mol. The molecule has 3 aromatic rings. The summed E-state index contributed by atoms with van der Waals surface area (Å²) in [4.78, 5) is 15.8. The lowest BCUT2D eigenvalue weighted by molar-refractivity contribution is 0.0690. The van der Waals surface area contributed by atoms with Crippen molar-refractivity contribution in [2.45, 2.75) is 18.2 Å². The highest BCUT2D eigenvalue weighted by molar-refractivity contribution is 7.89. The summed E-state index contributed by atoms with van der Waals surface area (Å²) in [5.41, 5.74) is 8.18. The monoisotopic (exact) mass is 471 g/mol. The number of primary sulfonamides is 1. The smallest absolute Gasteiger partial charge is 0.355 e. The highest BCUT2D eigenvalue weighted by atomic mass is 32.2. The zero-order chi connectivity index (χ0) is 23.5. The number of carboxylic acid groups (broad SMARTS) is 1. The van der Waals surface area contributed by atoms with E-state index in [2.05, 4.69) is 10.3 Å². The van der Waals surface area contributed by atoms with Crippen LogP contribution in [0.3, 0.4) is 0 Å². The number of aromatic carboxylic acids is 1. The van der Waals surface area contributed by atoms with Gasteiger partial charge >= 0.3 is 5.97 Å². The minimum absolute atomic E-state index is 0.0181. The Bertz CT molecular complexity index is 1300. The molecule has 0 amide bonds. The fourth-order valence-corrected chi connectivity index (χ4v) is 4.27. The van der Waals surface area contributed by atoms with Gasteiger partial charge in [-0.3, -0.25) is 5.41 Å². The Balaban J connectivity index is 1.99. The van der Waals surface area contributed by atoms with Crippen LogP contribution in [-0.2, 0) is 16.4 Å². The minimum Gasteiger partial charge on any atom is -0.476 e. The van der Waals surface area contributed by atoms with Crippen molar-refractivity contribution in [3.63, 3.8) is 0 Å². The molecule has 0 radical (unpaired) electrons. The van der Waals surface area contributed by atoms with Crippen LogP contribution in [0.15, 0.2) is 70.9 Å². The van der Waals surface area contributed by atoms with Gasteiger partial charge in [0.15, 0.2) is 10.8 Å². The van der Waals surface area contributed by atoms with Gasteiger partial charge in [0, 0.05) is 16.9 Å². The highest BCUT2D eigenvalue weighted by Gasteiger charge is 2.18. The number of carbonyl (C=O) groups is 1. The molecule has 0 atom stereocenters. The summed E-state index contributed by atoms with van der Waals surface area (Å²) in [5.74, 6) is -0.999. The molecular weight excluding hydrogens is 450 g/mol. The number of hydrogen-bond donors (Lipinski definition) is 5. The van der Waals surface area contributed by atoms with E-state index in [1.807, 2.05) is 6.07 Å². The van der Waals surface area contributed by atoms with Gasteiger partial charge in [-0.15, -0.1) is 11.3 Å².